The van der Waals surface area contributed by atoms with E-state index in [1.54, 1.807) is 25.7 Å². The Labute approximate surface area is 220 Å². The molecule has 4 N–H and O–H groups in total. The molecule has 206 valence electrons. The standard InChI is InChI=1S/C28H44N4O5/c1-17-14-18(2)16-19(15-17)23(24(34)31-27(3,4)5)32(20-10-9-11-20)25(35)21(12-13-22(29)33)30-26(36)37-28(6,7)8/h14-16,20-21,23H,9-13H2,1-8H3,(H2,29,33)(H,30,36)(H,31,34). The summed E-state index contributed by atoms with van der Waals surface area (Å²) >= 11 is 0. The van der Waals surface area contributed by atoms with E-state index in [1.807, 2.05) is 52.8 Å². The van der Waals surface area contributed by atoms with Gasteiger partial charge >= 0.3 is 6.09 Å². The van der Waals surface area contributed by atoms with E-state index in [9.17, 15) is 19.2 Å². The minimum atomic E-state index is -1.08. The number of rotatable bonds is 9. The van der Waals surface area contributed by atoms with Gasteiger partial charge in [-0.25, -0.2) is 4.79 Å². The Balaban J connectivity index is 2.56. The van der Waals surface area contributed by atoms with Crippen molar-refractivity contribution in [2.75, 3.05) is 0 Å². The van der Waals surface area contributed by atoms with Gasteiger partial charge in [-0.05, 0) is 86.6 Å². The molecule has 1 aromatic carbocycles. The topological polar surface area (TPSA) is 131 Å². The molecular weight excluding hydrogens is 472 g/mol. The molecule has 9 nitrogen and oxygen atoms in total. The van der Waals surface area contributed by atoms with Crippen molar-refractivity contribution >= 4 is 23.8 Å². The lowest BCUT2D eigenvalue weighted by Crippen LogP contribution is -2.58. The second-order valence-electron chi connectivity index (χ2n) is 12.1. The zero-order valence-electron chi connectivity index (χ0n) is 23.6. The monoisotopic (exact) mass is 516 g/mol. The first-order chi connectivity index (χ1) is 17.0. The van der Waals surface area contributed by atoms with Gasteiger partial charge in [0.1, 0.15) is 17.7 Å². The van der Waals surface area contributed by atoms with Crippen LogP contribution < -0.4 is 16.4 Å². The van der Waals surface area contributed by atoms with Crippen LogP contribution in [0.5, 0.6) is 0 Å². The Morgan fingerprint density at radius 1 is 1.03 bits per heavy atom. The molecule has 4 amide bonds. The highest BCUT2D eigenvalue weighted by molar-refractivity contribution is 5.93. The van der Waals surface area contributed by atoms with Crippen molar-refractivity contribution in [3.8, 4) is 0 Å². The van der Waals surface area contributed by atoms with Crippen LogP contribution in [0.1, 0.15) is 96.4 Å². The van der Waals surface area contributed by atoms with E-state index in [0.717, 1.165) is 30.4 Å². The molecule has 0 saturated heterocycles. The molecule has 1 aliphatic rings. The minimum absolute atomic E-state index is 0.00289. The Hall–Kier alpha value is -3.10. The van der Waals surface area contributed by atoms with Gasteiger partial charge in [0.05, 0.1) is 0 Å². The molecule has 0 aromatic heterocycles. The molecule has 1 fully saturated rings. The third-order valence-corrected chi connectivity index (χ3v) is 5.98. The molecule has 0 radical (unpaired) electrons. The van der Waals surface area contributed by atoms with E-state index in [4.69, 9.17) is 10.5 Å². The molecule has 2 unspecified atom stereocenters. The van der Waals surface area contributed by atoms with Crippen LogP contribution in [0.3, 0.4) is 0 Å². The molecule has 1 saturated carbocycles. The van der Waals surface area contributed by atoms with Gasteiger partial charge in [0.2, 0.25) is 17.7 Å². The summed E-state index contributed by atoms with van der Waals surface area (Å²) in [5, 5.41) is 5.67. The zero-order chi connectivity index (χ0) is 28.1. The maximum atomic E-state index is 14.2. The van der Waals surface area contributed by atoms with Crippen molar-refractivity contribution in [1.29, 1.82) is 0 Å². The van der Waals surface area contributed by atoms with Crippen molar-refractivity contribution in [3.05, 3.63) is 34.9 Å². The van der Waals surface area contributed by atoms with Crippen LogP contribution in [0, 0.1) is 13.8 Å². The maximum absolute atomic E-state index is 14.2. The largest absolute Gasteiger partial charge is 0.444 e. The highest BCUT2D eigenvalue weighted by Gasteiger charge is 2.42. The summed E-state index contributed by atoms with van der Waals surface area (Å²) in [4.78, 5) is 53.8. The quantitative estimate of drug-likeness (QED) is 0.459. The van der Waals surface area contributed by atoms with Gasteiger partial charge in [0.15, 0.2) is 0 Å². The smallest absolute Gasteiger partial charge is 0.408 e. The number of nitrogens with one attached hydrogen (secondary N) is 2. The van der Waals surface area contributed by atoms with Crippen molar-refractivity contribution in [1.82, 2.24) is 15.5 Å². The van der Waals surface area contributed by atoms with E-state index < -0.39 is 41.1 Å². The van der Waals surface area contributed by atoms with E-state index >= 15 is 0 Å². The Morgan fingerprint density at radius 3 is 2.03 bits per heavy atom. The molecule has 0 heterocycles. The molecule has 37 heavy (non-hydrogen) atoms. The minimum Gasteiger partial charge on any atom is -0.444 e. The van der Waals surface area contributed by atoms with Crippen LogP contribution in [-0.2, 0) is 19.1 Å². The zero-order valence-corrected chi connectivity index (χ0v) is 23.6. The summed E-state index contributed by atoms with van der Waals surface area (Å²) in [6.45, 7) is 14.7. The lowest BCUT2D eigenvalue weighted by Gasteiger charge is -2.44. The van der Waals surface area contributed by atoms with Crippen molar-refractivity contribution in [3.63, 3.8) is 0 Å². The SMILES string of the molecule is Cc1cc(C)cc(C(C(=O)NC(C)(C)C)N(C(=O)C(CCC(N)=O)NC(=O)OC(C)(C)C)C2CCC2)c1. The van der Waals surface area contributed by atoms with Gasteiger partial charge < -0.3 is 26.0 Å². The number of hydrogen-bond acceptors (Lipinski definition) is 5. The van der Waals surface area contributed by atoms with Crippen molar-refractivity contribution in [2.45, 2.75) is 117 Å². The normalized spacial score (nSPS) is 15.7. The van der Waals surface area contributed by atoms with Crippen LogP contribution in [0.2, 0.25) is 0 Å². The highest BCUT2D eigenvalue weighted by Crippen LogP contribution is 2.35. The summed E-state index contributed by atoms with van der Waals surface area (Å²) < 4.78 is 5.38. The molecule has 9 heteroatoms. The first-order valence-electron chi connectivity index (χ1n) is 13.0. The van der Waals surface area contributed by atoms with Gasteiger partial charge in [0.25, 0.3) is 0 Å². The average Bonchev–Trinajstić information content (AvgIpc) is 2.65. The van der Waals surface area contributed by atoms with Gasteiger partial charge in [-0.3, -0.25) is 14.4 Å². The summed E-state index contributed by atoms with van der Waals surface area (Å²) in [6.07, 6.45) is 1.53. The summed E-state index contributed by atoms with van der Waals surface area (Å²) in [5.41, 5.74) is 6.72. The predicted molar refractivity (Wildman–Crippen MR) is 143 cm³/mol. The lowest BCUT2D eigenvalue weighted by atomic mass is 9.87. The third-order valence-electron chi connectivity index (χ3n) is 5.98. The molecule has 0 spiro atoms. The molecule has 1 aliphatic carbocycles. The number of ether oxygens (including phenoxy) is 1. The number of amides is 4. The Morgan fingerprint density at radius 2 is 1.59 bits per heavy atom. The van der Waals surface area contributed by atoms with Crippen LogP contribution in [0.4, 0.5) is 4.79 Å². The van der Waals surface area contributed by atoms with Crippen LogP contribution in [0.25, 0.3) is 0 Å². The Kier molecular flexibility index (Phi) is 9.74. The molecule has 2 rings (SSSR count). The second kappa shape index (κ2) is 12.0. The van der Waals surface area contributed by atoms with Gasteiger partial charge in [0, 0.05) is 18.0 Å². The summed E-state index contributed by atoms with van der Waals surface area (Å²) in [5.74, 6) is -1.33. The van der Waals surface area contributed by atoms with Gasteiger partial charge in [-0.2, -0.15) is 0 Å². The lowest BCUT2D eigenvalue weighted by molar-refractivity contribution is -0.148. The summed E-state index contributed by atoms with van der Waals surface area (Å²) in [6, 6.07) is 3.67. The Bertz CT molecular complexity index is 985. The number of primary amides is 1. The number of benzene rings is 1. The number of carbonyl (C=O) groups excluding carboxylic acids is 4. The van der Waals surface area contributed by atoms with Crippen LogP contribution in [-0.4, -0.2) is 51.9 Å². The van der Waals surface area contributed by atoms with E-state index in [-0.39, 0.29) is 24.8 Å². The first kappa shape index (κ1) is 30.1. The number of nitrogens with two attached hydrogens (primary N) is 1. The average molecular weight is 517 g/mol. The number of hydrogen-bond donors (Lipinski definition) is 3. The molecule has 1 aromatic rings. The fourth-order valence-electron chi connectivity index (χ4n) is 4.40. The van der Waals surface area contributed by atoms with E-state index in [1.165, 1.54) is 0 Å². The van der Waals surface area contributed by atoms with E-state index in [2.05, 4.69) is 10.6 Å². The fraction of sp³-hybridized carbons (Fsp3) is 0.643. The summed E-state index contributed by atoms with van der Waals surface area (Å²) in [7, 11) is 0. The molecule has 2 atom stereocenters. The second-order valence-corrected chi connectivity index (χ2v) is 12.1. The van der Waals surface area contributed by atoms with Gasteiger partial charge in [-0.15, -0.1) is 0 Å². The fourth-order valence-corrected chi connectivity index (χ4v) is 4.40. The van der Waals surface area contributed by atoms with Crippen LogP contribution in [0.15, 0.2) is 18.2 Å². The number of carbonyl (C=O) groups is 4. The molecular formula is C28H44N4O5. The first-order valence-corrected chi connectivity index (χ1v) is 13.0. The predicted octanol–water partition coefficient (Wildman–Crippen LogP) is 3.80. The number of nitrogens with zero attached hydrogens (tertiary/aromatic N) is 1. The van der Waals surface area contributed by atoms with Crippen molar-refractivity contribution in [2.24, 2.45) is 5.73 Å². The van der Waals surface area contributed by atoms with Crippen molar-refractivity contribution < 1.29 is 23.9 Å². The highest BCUT2D eigenvalue weighted by atomic mass is 16.6. The number of aryl methyl sites for hydroxylation is 2. The third kappa shape index (κ3) is 9.37. The van der Waals surface area contributed by atoms with Gasteiger partial charge in [-0.1, -0.05) is 29.3 Å². The van der Waals surface area contributed by atoms with Crippen LogP contribution >= 0.6 is 0 Å². The molecule has 0 aliphatic heterocycles. The van der Waals surface area contributed by atoms with E-state index in [0.29, 0.717) is 5.56 Å². The number of alkyl carbamates (subject to hydrolysis) is 1. The molecule has 0 bridgehead atoms. The maximum Gasteiger partial charge on any atom is 0.408 e.